The summed E-state index contributed by atoms with van der Waals surface area (Å²) < 4.78 is 1.79. The number of nitrogens with zero attached hydrogens (tertiary/aromatic N) is 2. The number of aromatic amines is 1. The molecule has 5 heteroatoms. The maximum atomic E-state index is 5.74. The molecule has 15 heavy (non-hydrogen) atoms. The van der Waals surface area contributed by atoms with E-state index in [4.69, 9.17) is 18.1 Å². The molecule has 0 aliphatic rings. The summed E-state index contributed by atoms with van der Waals surface area (Å²) in [6, 6.07) is 6.07. The van der Waals surface area contributed by atoms with Crippen molar-refractivity contribution >= 4 is 12.2 Å². The fourth-order valence-corrected chi connectivity index (χ4v) is 1.52. The smallest absolute Gasteiger partial charge is 0.214 e. The zero-order valence-electron chi connectivity index (χ0n) is 8.61. The Morgan fingerprint density at radius 2 is 2.07 bits per heavy atom. The van der Waals surface area contributed by atoms with Crippen LogP contribution in [0.1, 0.15) is 11.1 Å². The number of nitrogens with two attached hydrogens (primary N) is 1. The molecule has 1 heterocycles. The van der Waals surface area contributed by atoms with Crippen LogP contribution in [0.3, 0.4) is 0 Å². The largest absolute Gasteiger partial charge is 0.335 e. The molecule has 0 saturated heterocycles. The van der Waals surface area contributed by atoms with Gasteiger partial charge < -0.3 is 5.84 Å². The van der Waals surface area contributed by atoms with Gasteiger partial charge in [-0.2, -0.15) is 5.10 Å². The molecule has 2 rings (SSSR count). The number of hydrogen-bond donors (Lipinski definition) is 2. The van der Waals surface area contributed by atoms with Crippen LogP contribution in [0.25, 0.3) is 11.4 Å². The Morgan fingerprint density at radius 3 is 2.60 bits per heavy atom. The van der Waals surface area contributed by atoms with Crippen molar-refractivity contribution in [3.8, 4) is 11.4 Å². The van der Waals surface area contributed by atoms with Gasteiger partial charge in [-0.3, -0.25) is 0 Å². The van der Waals surface area contributed by atoms with Crippen molar-refractivity contribution < 1.29 is 0 Å². The molecule has 0 radical (unpaired) electrons. The Hall–Kier alpha value is -1.62. The molecule has 0 fully saturated rings. The number of aromatic nitrogens is 3. The second kappa shape index (κ2) is 3.51. The molecule has 1 aromatic carbocycles. The van der Waals surface area contributed by atoms with Gasteiger partial charge in [-0.15, -0.1) is 0 Å². The van der Waals surface area contributed by atoms with Crippen molar-refractivity contribution in [1.82, 2.24) is 14.9 Å². The first kappa shape index (κ1) is 9.92. The number of nitrogen functional groups attached to an aromatic ring is 1. The van der Waals surface area contributed by atoms with E-state index < -0.39 is 0 Å². The van der Waals surface area contributed by atoms with E-state index >= 15 is 0 Å². The van der Waals surface area contributed by atoms with Gasteiger partial charge in [0.25, 0.3) is 0 Å². The summed E-state index contributed by atoms with van der Waals surface area (Å²) in [5.74, 6) is 6.40. The summed E-state index contributed by atoms with van der Waals surface area (Å²) in [5, 5.41) is 6.74. The lowest BCUT2D eigenvalue weighted by molar-refractivity contribution is 0.984. The van der Waals surface area contributed by atoms with E-state index in [0.717, 1.165) is 5.56 Å². The highest BCUT2D eigenvalue weighted by Gasteiger charge is 2.06. The highest BCUT2D eigenvalue weighted by molar-refractivity contribution is 7.71. The van der Waals surface area contributed by atoms with Gasteiger partial charge in [0.2, 0.25) is 4.77 Å². The molecule has 3 N–H and O–H groups in total. The quantitative estimate of drug-likeness (QED) is 0.570. The first-order valence-electron chi connectivity index (χ1n) is 4.59. The molecule has 0 aliphatic heterocycles. The molecule has 4 nitrogen and oxygen atoms in total. The van der Waals surface area contributed by atoms with Crippen molar-refractivity contribution in [3.63, 3.8) is 0 Å². The molecule has 1 aromatic heterocycles. The highest BCUT2D eigenvalue weighted by Crippen LogP contribution is 2.18. The van der Waals surface area contributed by atoms with Crippen molar-refractivity contribution in [2.24, 2.45) is 0 Å². The minimum Gasteiger partial charge on any atom is -0.335 e. The maximum absolute atomic E-state index is 5.74. The second-order valence-corrected chi connectivity index (χ2v) is 3.91. The molecular formula is C10H12N4S. The third-order valence-corrected chi connectivity index (χ3v) is 2.76. The third-order valence-electron chi connectivity index (χ3n) is 2.47. The summed E-state index contributed by atoms with van der Waals surface area (Å²) in [4.78, 5) is 0. The topological polar surface area (TPSA) is 59.6 Å². The summed E-state index contributed by atoms with van der Waals surface area (Å²) in [7, 11) is 0. The molecule has 0 saturated carbocycles. The van der Waals surface area contributed by atoms with Gasteiger partial charge in [0.1, 0.15) is 0 Å². The minimum absolute atomic E-state index is 0.420. The van der Waals surface area contributed by atoms with Crippen LogP contribution in [0.5, 0.6) is 0 Å². The number of hydrogen-bond acceptors (Lipinski definition) is 3. The van der Waals surface area contributed by atoms with E-state index in [1.807, 2.05) is 18.2 Å². The predicted molar refractivity (Wildman–Crippen MR) is 62.5 cm³/mol. The predicted octanol–water partition coefficient (Wildman–Crippen LogP) is 1.94. The van der Waals surface area contributed by atoms with Crippen molar-refractivity contribution in [2.75, 3.05) is 5.84 Å². The SMILES string of the molecule is Cc1ccc(-c2n[nH]c(=S)n2N)cc1C. The lowest BCUT2D eigenvalue weighted by atomic mass is 10.1. The van der Waals surface area contributed by atoms with E-state index in [-0.39, 0.29) is 0 Å². The van der Waals surface area contributed by atoms with Crippen LogP contribution in [0.4, 0.5) is 0 Å². The second-order valence-electron chi connectivity index (χ2n) is 3.52. The highest BCUT2D eigenvalue weighted by atomic mass is 32.1. The Labute approximate surface area is 92.7 Å². The van der Waals surface area contributed by atoms with Gasteiger partial charge in [0.15, 0.2) is 5.82 Å². The zero-order chi connectivity index (χ0) is 11.0. The van der Waals surface area contributed by atoms with E-state index in [0.29, 0.717) is 10.6 Å². The summed E-state index contributed by atoms with van der Waals surface area (Å²) in [6.45, 7) is 4.12. The Morgan fingerprint density at radius 1 is 1.33 bits per heavy atom. The molecule has 0 aliphatic carbocycles. The number of H-pyrrole nitrogens is 1. The lowest BCUT2D eigenvalue weighted by Crippen LogP contribution is -2.09. The van der Waals surface area contributed by atoms with Crippen LogP contribution in [0, 0.1) is 18.6 Å². The zero-order valence-corrected chi connectivity index (χ0v) is 9.43. The van der Waals surface area contributed by atoms with Crippen LogP contribution in [-0.2, 0) is 0 Å². The molecule has 0 amide bonds. The summed E-state index contributed by atoms with van der Waals surface area (Å²) >= 11 is 4.95. The number of nitrogens with one attached hydrogen (secondary N) is 1. The van der Waals surface area contributed by atoms with Crippen molar-refractivity contribution in [3.05, 3.63) is 34.1 Å². The maximum Gasteiger partial charge on any atom is 0.214 e. The lowest BCUT2D eigenvalue weighted by Gasteiger charge is -2.03. The van der Waals surface area contributed by atoms with Gasteiger partial charge >= 0.3 is 0 Å². The molecular weight excluding hydrogens is 208 g/mol. The van der Waals surface area contributed by atoms with E-state index in [1.165, 1.54) is 15.8 Å². The van der Waals surface area contributed by atoms with Crippen LogP contribution in [0.2, 0.25) is 0 Å². The average Bonchev–Trinajstić information content (AvgIpc) is 2.53. The molecule has 0 spiro atoms. The van der Waals surface area contributed by atoms with Crippen LogP contribution < -0.4 is 5.84 Å². The monoisotopic (exact) mass is 220 g/mol. The molecule has 78 valence electrons. The van der Waals surface area contributed by atoms with Gasteiger partial charge in [-0.1, -0.05) is 12.1 Å². The summed E-state index contributed by atoms with van der Waals surface area (Å²) in [5.41, 5.74) is 3.42. The fourth-order valence-electron chi connectivity index (χ4n) is 1.39. The van der Waals surface area contributed by atoms with Crippen LogP contribution in [0.15, 0.2) is 18.2 Å². The van der Waals surface area contributed by atoms with E-state index in [9.17, 15) is 0 Å². The van der Waals surface area contributed by atoms with Crippen LogP contribution >= 0.6 is 12.2 Å². The number of aryl methyl sites for hydroxylation is 2. The van der Waals surface area contributed by atoms with E-state index in [2.05, 4.69) is 24.0 Å². The summed E-state index contributed by atoms with van der Waals surface area (Å²) in [6.07, 6.45) is 0. The van der Waals surface area contributed by atoms with Crippen LogP contribution in [-0.4, -0.2) is 14.9 Å². The van der Waals surface area contributed by atoms with Gasteiger partial charge in [-0.05, 0) is 43.3 Å². The molecule has 0 bridgehead atoms. The number of benzene rings is 1. The van der Waals surface area contributed by atoms with Crippen molar-refractivity contribution in [1.29, 1.82) is 0 Å². The Kier molecular flexibility index (Phi) is 2.32. The minimum atomic E-state index is 0.420. The standard InChI is InChI=1S/C10H12N4S/c1-6-3-4-8(5-7(6)2)9-12-13-10(15)14(9)11/h3-5H,11H2,1-2H3,(H,13,15). The van der Waals surface area contributed by atoms with Crippen molar-refractivity contribution in [2.45, 2.75) is 13.8 Å². The first-order valence-corrected chi connectivity index (χ1v) is 5.00. The van der Waals surface area contributed by atoms with Gasteiger partial charge in [0, 0.05) is 5.56 Å². The van der Waals surface area contributed by atoms with Gasteiger partial charge in [-0.25, -0.2) is 9.77 Å². The molecule has 2 aromatic rings. The Bertz CT molecular complexity index is 553. The number of rotatable bonds is 1. The third kappa shape index (κ3) is 1.66. The fraction of sp³-hybridized carbons (Fsp3) is 0.200. The normalized spacial score (nSPS) is 10.5. The average molecular weight is 220 g/mol. The molecule has 0 unspecified atom stereocenters. The van der Waals surface area contributed by atoms with E-state index in [1.54, 1.807) is 0 Å². The van der Waals surface area contributed by atoms with Gasteiger partial charge in [0.05, 0.1) is 0 Å². The Balaban J connectivity index is 2.59. The first-order chi connectivity index (χ1) is 7.09. The molecule has 0 atom stereocenters.